The Hall–Kier alpha value is -1.88. The fourth-order valence-corrected chi connectivity index (χ4v) is 2.72. The number of aliphatic hydroxyl groups excluding tert-OH is 1. The monoisotopic (exact) mass is 305 g/mol. The number of esters is 1. The van der Waals surface area contributed by atoms with Crippen molar-refractivity contribution in [2.75, 3.05) is 6.54 Å². The predicted molar refractivity (Wildman–Crippen MR) is 81.8 cm³/mol. The van der Waals surface area contributed by atoms with Gasteiger partial charge in [-0.05, 0) is 24.3 Å². The lowest BCUT2D eigenvalue weighted by Crippen LogP contribution is -2.42. The van der Waals surface area contributed by atoms with Gasteiger partial charge in [-0.3, -0.25) is 9.59 Å². The largest absolute Gasteiger partial charge is 0.460 e. The van der Waals surface area contributed by atoms with Gasteiger partial charge in [0, 0.05) is 0 Å². The Morgan fingerprint density at radius 1 is 1.18 bits per heavy atom. The maximum absolute atomic E-state index is 11.9. The molecule has 1 aliphatic carbocycles. The van der Waals surface area contributed by atoms with Crippen molar-refractivity contribution in [3.05, 3.63) is 35.9 Å². The van der Waals surface area contributed by atoms with Crippen LogP contribution in [0.25, 0.3) is 0 Å². The van der Waals surface area contributed by atoms with E-state index in [2.05, 4.69) is 5.32 Å². The minimum atomic E-state index is -1.03. The van der Waals surface area contributed by atoms with Gasteiger partial charge in [0.2, 0.25) is 5.91 Å². The van der Waals surface area contributed by atoms with Gasteiger partial charge in [0.15, 0.2) is 0 Å². The van der Waals surface area contributed by atoms with E-state index in [4.69, 9.17) is 4.74 Å². The van der Waals surface area contributed by atoms with Gasteiger partial charge in [-0.2, -0.15) is 0 Å². The van der Waals surface area contributed by atoms with E-state index in [1.807, 2.05) is 30.3 Å². The first-order valence-corrected chi connectivity index (χ1v) is 7.82. The molecule has 1 aliphatic rings. The van der Waals surface area contributed by atoms with E-state index in [0.717, 1.165) is 37.7 Å². The van der Waals surface area contributed by atoms with E-state index < -0.39 is 18.0 Å². The van der Waals surface area contributed by atoms with Crippen LogP contribution in [-0.4, -0.2) is 29.6 Å². The van der Waals surface area contributed by atoms with E-state index in [1.54, 1.807) is 0 Å². The van der Waals surface area contributed by atoms with Gasteiger partial charge in [-0.15, -0.1) is 0 Å². The number of aliphatic hydroxyl groups is 1. The van der Waals surface area contributed by atoms with Crippen LogP contribution in [0.5, 0.6) is 0 Å². The zero-order valence-electron chi connectivity index (χ0n) is 12.7. The molecular formula is C17H23NO4. The minimum Gasteiger partial charge on any atom is -0.460 e. The van der Waals surface area contributed by atoms with Crippen LogP contribution in [0.3, 0.4) is 0 Å². The number of carbonyl (C=O) groups excluding carboxylic acids is 2. The van der Waals surface area contributed by atoms with Crippen LogP contribution in [0.2, 0.25) is 0 Å². The fourth-order valence-electron chi connectivity index (χ4n) is 2.72. The van der Waals surface area contributed by atoms with Gasteiger partial charge in [-0.1, -0.05) is 49.6 Å². The zero-order valence-corrected chi connectivity index (χ0v) is 12.7. The third-order valence-corrected chi connectivity index (χ3v) is 4.01. The summed E-state index contributed by atoms with van der Waals surface area (Å²) in [6, 6.07) is 9.34. The van der Waals surface area contributed by atoms with Gasteiger partial charge in [0.1, 0.15) is 19.3 Å². The molecule has 5 heteroatoms. The van der Waals surface area contributed by atoms with Crippen molar-refractivity contribution in [2.24, 2.45) is 5.92 Å². The molecule has 5 nitrogen and oxygen atoms in total. The van der Waals surface area contributed by atoms with Crippen LogP contribution in [0.15, 0.2) is 30.3 Å². The summed E-state index contributed by atoms with van der Waals surface area (Å²) in [4.78, 5) is 23.5. The summed E-state index contributed by atoms with van der Waals surface area (Å²) in [6.45, 7) is -0.0316. The Balaban J connectivity index is 1.67. The smallest absolute Gasteiger partial charge is 0.325 e. The molecular weight excluding hydrogens is 282 g/mol. The summed E-state index contributed by atoms with van der Waals surface area (Å²) in [5, 5.41) is 12.5. The second kappa shape index (κ2) is 8.54. The highest BCUT2D eigenvalue weighted by Crippen LogP contribution is 2.26. The Kier molecular flexibility index (Phi) is 6.40. The molecule has 1 saturated carbocycles. The third-order valence-electron chi connectivity index (χ3n) is 4.01. The van der Waals surface area contributed by atoms with Crippen molar-refractivity contribution in [1.82, 2.24) is 5.32 Å². The normalized spacial score (nSPS) is 16.8. The predicted octanol–water partition coefficient (Wildman–Crippen LogP) is 1.79. The molecule has 1 unspecified atom stereocenters. The number of hydrogen-bond acceptors (Lipinski definition) is 4. The molecule has 1 aromatic rings. The Morgan fingerprint density at radius 3 is 2.55 bits per heavy atom. The van der Waals surface area contributed by atoms with Crippen LogP contribution in [0.1, 0.15) is 37.7 Å². The number of nitrogens with one attached hydrogen (secondary N) is 1. The molecule has 0 heterocycles. The molecule has 0 radical (unpaired) electrons. The molecule has 1 aromatic carbocycles. The Bertz CT molecular complexity index is 483. The topological polar surface area (TPSA) is 75.6 Å². The van der Waals surface area contributed by atoms with Gasteiger partial charge in [0.25, 0.3) is 0 Å². The standard InChI is InChI=1S/C17H23NO4/c19-15(22-12-13-7-3-1-4-8-13)11-18-17(21)16(20)14-9-5-2-6-10-14/h1,3-4,7-8,14,16,20H,2,5-6,9-12H2,(H,18,21). The molecule has 2 N–H and O–H groups in total. The summed E-state index contributed by atoms with van der Waals surface area (Å²) in [7, 11) is 0. The number of hydrogen-bond donors (Lipinski definition) is 2. The molecule has 2 rings (SSSR count). The first-order chi connectivity index (χ1) is 10.7. The highest BCUT2D eigenvalue weighted by molar-refractivity contribution is 5.85. The molecule has 0 aliphatic heterocycles. The molecule has 120 valence electrons. The summed E-state index contributed by atoms with van der Waals surface area (Å²) in [5.41, 5.74) is 0.893. The van der Waals surface area contributed by atoms with Gasteiger partial charge in [-0.25, -0.2) is 0 Å². The molecule has 1 atom stereocenters. The molecule has 22 heavy (non-hydrogen) atoms. The first kappa shape index (κ1) is 16.5. The second-order valence-electron chi connectivity index (χ2n) is 5.71. The third kappa shape index (κ3) is 5.15. The SMILES string of the molecule is O=C(CNC(=O)C(O)C1CCCCC1)OCc1ccccc1. The van der Waals surface area contributed by atoms with Gasteiger partial charge >= 0.3 is 5.97 Å². The Morgan fingerprint density at radius 2 is 1.86 bits per heavy atom. The Labute approximate surface area is 130 Å². The highest BCUT2D eigenvalue weighted by Gasteiger charge is 2.27. The summed E-state index contributed by atoms with van der Waals surface area (Å²) in [5.74, 6) is -0.981. The van der Waals surface area contributed by atoms with Crippen LogP contribution in [0.4, 0.5) is 0 Å². The fraction of sp³-hybridized carbons (Fsp3) is 0.529. The maximum atomic E-state index is 11.9. The molecule has 0 spiro atoms. The van der Waals surface area contributed by atoms with Crippen molar-refractivity contribution in [2.45, 2.75) is 44.8 Å². The number of rotatable bonds is 6. The summed E-state index contributed by atoms with van der Waals surface area (Å²) in [6.07, 6.45) is 3.97. The van der Waals surface area contributed by atoms with Crippen LogP contribution < -0.4 is 5.32 Å². The van der Waals surface area contributed by atoms with Crippen LogP contribution in [-0.2, 0) is 20.9 Å². The highest BCUT2D eigenvalue weighted by atomic mass is 16.5. The zero-order chi connectivity index (χ0) is 15.8. The average Bonchev–Trinajstić information content (AvgIpc) is 2.58. The first-order valence-electron chi connectivity index (χ1n) is 7.82. The van der Waals surface area contributed by atoms with Gasteiger partial charge < -0.3 is 15.2 Å². The molecule has 1 amide bonds. The number of benzene rings is 1. The summed E-state index contributed by atoms with van der Waals surface area (Å²) >= 11 is 0. The number of amides is 1. The quantitative estimate of drug-likeness (QED) is 0.786. The maximum Gasteiger partial charge on any atom is 0.325 e. The number of carbonyl (C=O) groups is 2. The lowest BCUT2D eigenvalue weighted by molar-refractivity contribution is -0.146. The lowest BCUT2D eigenvalue weighted by Gasteiger charge is -2.25. The van der Waals surface area contributed by atoms with E-state index in [1.165, 1.54) is 0 Å². The van der Waals surface area contributed by atoms with Crippen molar-refractivity contribution >= 4 is 11.9 Å². The van der Waals surface area contributed by atoms with Crippen LogP contribution >= 0.6 is 0 Å². The molecule has 0 aromatic heterocycles. The molecule has 1 fully saturated rings. The number of ether oxygens (including phenoxy) is 1. The van der Waals surface area contributed by atoms with E-state index in [0.29, 0.717) is 0 Å². The van der Waals surface area contributed by atoms with Crippen molar-refractivity contribution in [3.8, 4) is 0 Å². The van der Waals surface area contributed by atoms with E-state index in [9.17, 15) is 14.7 Å². The second-order valence-corrected chi connectivity index (χ2v) is 5.71. The van der Waals surface area contributed by atoms with E-state index >= 15 is 0 Å². The molecule has 0 bridgehead atoms. The van der Waals surface area contributed by atoms with Crippen molar-refractivity contribution in [1.29, 1.82) is 0 Å². The summed E-state index contributed by atoms with van der Waals surface area (Å²) < 4.78 is 5.07. The van der Waals surface area contributed by atoms with Crippen molar-refractivity contribution < 1.29 is 19.4 Å². The molecule has 0 saturated heterocycles. The average molecular weight is 305 g/mol. The minimum absolute atomic E-state index is 0.00842. The lowest BCUT2D eigenvalue weighted by atomic mass is 9.85. The van der Waals surface area contributed by atoms with Crippen molar-refractivity contribution in [3.63, 3.8) is 0 Å². The van der Waals surface area contributed by atoms with Gasteiger partial charge in [0.05, 0.1) is 0 Å². The van der Waals surface area contributed by atoms with E-state index in [-0.39, 0.29) is 19.1 Å². The van der Waals surface area contributed by atoms with Crippen LogP contribution in [0, 0.1) is 5.92 Å².